The first-order chi connectivity index (χ1) is 6.04. The van der Waals surface area contributed by atoms with E-state index in [-0.39, 0.29) is 5.41 Å². The Morgan fingerprint density at radius 1 is 1.62 bits per heavy atom. The molecule has 0 bridgehead atoms. The van der Waals surface area contributed by atoms with Crippen LogP contribution >= 0.6 is 0 Å². The molecular formula is C8H13N3O2. The first-order valence-corrected chi connectivity index (χ1v) is 3.93. The molecule has 5 heteroatoms. The summed E-state index contributed by atoms with van der Waals surface area (Å²) < 4.78 is 5.05. The molecule has 5 nitrogen and oxygen atoms in total. The standard InChI is InChI=1S/C8H13N3O2/c1-8(2,3)6-4-7(11-13-6)9-5-10-12/h4-5,12H,1-3H3,(H,9,10,11). The maximum atomic E-state index is 8.24. The molecule has 0 spiro atoms. The van der Waals surface area contributed by atoms with Crippen molar-refractivity contribution in [3.63, 3.8) is 0 Å². The van der Waals surface area contributed by atoms with Gasteiger partial charge >= 0.3 is 0 Å². The molecule has 0 fully saturated rings. The highest BCUT2D eigenvalue weighted by Crippen LogP contribution is 2.25. The summed E-state index contributed by atoms with van der Waals surface area (Å²) in [4.78, 5) is 3.77. The van der Waals surface area contributed by atoms with Crippen molar-refractivity contribution in [2.75, 3.05) is 0 Å². The Hall–Kier alpha value is -1.36. The summed E-state index contributed by atoms with van der Waals surface area (Å²) in [6.07, 6.45) is 1.13. The van der Waals surface area contributed by atoms with Gasteiger partial charge in [-0.2, -0.15) is 0 Å². The number of hydrogen-bond acceptors (Lipinski definition) is 4. The van der Waals surface area contributed by atoms with Crippen LogP contribution in [0.2, 0.25) is 0 Å². The number of rotatable bonds is 2. The van der Waals surface area contributed by atoms with Gasteiger partial charge in [-0.25, -0.2) is 4.99 Å². The second-order valence-corrected chi connectivity index (χ2v) is 3.69. The first kappa shape index (κ1) is 9.73. The fourth-order valence-electron chi connectivity index (χ4n) is 0.775. The van der Waals surface area contributed by atoms with Gasteiger partial charge in [-0.05, 0) is 0 Å². The molecule has 1 heterocycles. The number of hydrogen-bond donors (Lipinski definition) is 2. The van der Waals surface area contributed by atoms with Gasteiger partial charge in [-0.1, -0.05) is 25.9 Å². The second kappa shape index (κ2) is 3.57. The molecular weight excluding hydrogens is 170 g/mol. The Labute approximate surface area is 76.4 Å². The van der Waals surface area contributed by atoms with Crippen LogP contribution in [0, 0.1) is 0 Å². The van der Waals surface area contributed by atoms with Crippen molar-refractivity contribution in [1.29, 1.82) is 0 Å². The van der Waals surface area contributed by atoms with Crippen LogP contribution in [-0.4, -0.2) is 16.7 Å². The third kappa shape index (κ3) is 2.55. The van der Waals surface area contributed by atoms with Crippen molar-refractivity contribution in [2.24, 2.45) is 4.99 Å². The molecule has 0 aliphatic carbocycles. The lowest BCUT2D eigenvalue weighted by molar-refractivity contribution is 0.240. The highest BCUT2D eigenvalue weighted by Gasteiger charge is 2.19. The van der Waals surface area contributed by atoms with Crippen LogP contribution in [0.4, 0.5) is 5.82 Å². The molecule has 0 saturated heterocycles. The Balaban J connectivity index is 2.81. The van der Waals surface area contributed by atoms with Gasteiger partial charge in [-0.15, -0.1) is 0 Å². The normalized spacial score (nSPS) is 12.3. The van der Waals surface area contributed by atoms with E-state index in [9.17, 15) is 0 Å². The number of nitrogens with zero attached hydrogens (tertiary/aromatic N) is 2. The van der Waals surface area contributed by atoms with Crippen LogP contribution in [0.3, 0.4) is 0 Å². The fourth-order valence-corrected chi connectivity index (χ4v) is 0.775. The molecule has 0 saturated carbocycles. The SMILES string of the molecule is CC(C)(C)c1cc(N=CNO)no1. The molecule has 0 radical (unpaired) electrons. The van der Waals surface area contributed by atoms with Gasteiger partial charge in [0.1, 0.15) is 12.1 Å². The van der Waals surface area contributed by atoms with Crippen LogP contribution in [0.15, 0.2) is 15.6 Å². The van der Waals surface area contributed by atoms with Crippen LogP contribution in [0.25, 0.3) is 0 Å². The molecule has 0 atom stereocenters. The van der Waals surface area contributed by atoms with Gasteiger partial charge in [0, 0.05) is 11.5 Å². The summed E-state index contributed by atoms with van der Waals surface area (Å²) in [5.41, 5.74) is 1.71. The van der Waals surface area contributed by atoms with Crippen LogP contribution in [-0.2, 0) is 5.41 Å². The van der Waals surface area contributed by atoms with E-state index in [1.807, 2.05) is 20.8 Å². The molecule has 1 aromatic rings. The van der Waals surface area contributed by atoms with Crippen molar-refractivity contribution in [3.8, 4) is 0 Å². The Bertz CT molecular complexity index is 299. The van der Waals surface area contributed by atoms with Crippen molar-refractivity contribution in [2.45, 2.75) is 26.2 Å². The van der Waals surface area contributed by atoms with Gasteiger partial charge in [0.2, 0.25) is 0 Å². The zero-order chi connectivity index (χ0) is 9.90. The third-order valence-corrected chi connectivity index (χ3v) is 1.49. The van der Waals surface area contributed by atoms with Crippen molar-refractivity contribution in [3.05, 3.63) is 11.8 Å². The lowest BCUT2D eigenvalue weighted by Crippen LogP contribution is -2.08. The quantitative estimate of drug-likeness (QED) is 0.415. The lowest BCUT2D eigenvalue weighted by Gasteiger charge is -2.11. The van der Waals surface area contributed by atoms with E-state index in [1.54, 1.807) is 11.5 Å². The summed E-state index contributed by atoms with van der Waals surface area (Å²) in [7, 11) is 0. The van der Waals surface area contributed by atoms with E-state index in [1.165, 1.54) is 0 Å². The van der Waals surface area contributed by atoms with Gasteiger partial charge < -0.3 is 4.52 Å². The lowest BCUT2D eigenvalue weighted by atomic mass is 9.93. The Morgan fingerprint density at radius 3 is 2.77 bits per heavy atom. The third-order valence-electron chi connectivity index (χ3n) is 1.49. The predicted molar refractivity (Wildman–Crippen MR) is 48.3 cm³/mol. The second-order valence-electron chi connectivity index (χ2n) is 3.69. The highest BCUT2D eigenvalue weighted by molar-refractivity contribution is 5.57. The van der Waals surface area contributed by atoms with Gasteiger partial charge in [-0.3, -0.25) is 10.7 Å². The molecule has 0 aromatic carbocycles. The average molecular weight is 183 g/mol. The minimum atomic E-state index is -0.0760. The Kier molecular flexibility index (Phi) is 2.67. The van der Waals surface area contributed by atoms with Crippen molar-refractivity contribution >= 4 is 12.2 Å². The zero-order valence-corrected chi connectivity index (χ0v) is 7.90. The molecule has 1 rings (SSSR count). The number of hydroxylamine groups is 1. The van der Waals surface area contributed by atoms with E-state index in [0.29, 0.717) is 5.82 Å². The Morgan fingerprint density at radius 2 is 2.31 bits per heavy atom. The van der Waals surface area contributed by atoms with E-state index in [2.05, 4.69) is 10.1 Å². The average Bonchev–Trinajstić information content (AvgIpc) is 2.47. The number of aromatic nitrogens is 1. The topological polar surface area (TPSA) is 70.7 Å². The molecule has 0 aliphatic rings. The molecule has 1 aromatic heterocycles. The van der Waals surface area contributed by atoms with Crippen LogP contribution in [0.5, 0.6) is 0 Å². The van der Waals surface area contributed by atoms with Crippen LogP contribution in [0.1, 0.15) is 26.5 Å². The van der Waals surface area contributed by atoms with E-state index < -0.39 is 0 Å². The summed E-state index contributed by atoms with van der Waals surface area (Å²) in [6.45, 7) is 6.06. The maximum absolute atomic E-state index is 8.24. The number of nitrogens with one attached hydrogen (secondary N) is 1. The van der Waals surface area contributed by atoms with E-state index >= 15 is 0 Å². The zero-order valence-electron chi connectivity index (χ0n) is 7.90. The molecule has 0 unspecified atom stereocenters. The fraction of sp³-hybridized carbons (Fsp3) is 0.500. The molecule has 0 amide bonds. The summed E-state index contributed by atoms with van der Waals surface area (Å²) in [5.74, 6) is 1.20. The van der Waals surface area contributed by atoms with Gasteiger partial charge in [0.15, 0.2) is 5.82 Å². The van der Waals surface area contributed by atoms with Gasteiger partial charge in [0.25, 0.3) is 0 Å². The molecule has 2 N–H and O–H groups in total. The van der Waals surface area contributed by atoms with Crippen molar-refractivity contribution in [1.82, 2.24) is 10.6 Å². The molecule has 13 heavy (non-hydrogen) atoms. The largest absolute Gasteiger partial charge is 0.359 e. The predicted octanol–water partition coefficient (Wildman–Crippen LogP) is 1.61. The maximum Gasteiger partial charge on any atom is 0.196 e. The highest BCUT2D eigenvalue weighted by atomic mass is 16.5. The minimum Gasteiger partial charge on any atom is -0.359 e. The summed E-state index contributed by atoms with van der Waals surface area (Å²) in [6, 6.07) is 1.73. The van der Waals surface area contributed by atoms with E-state index in [0.717, 1.165) is 12.1 Å². The molecule has 0 aliphatic heterocycles. The smallest absolute Gasteiger partial charge is 0.196 e. The van der Waals surface area contributed by atoms with Gasteiger partial charge in [0.05, 0.1) is 0 Å². The van der Waals surface area contributed by atoms with E-state index in [4.69, 9.17) is 9.73 Å². The first-order valence-electron chi connectivity index (χ1n) is 3.93. The molecule has 72 valence electrons. The summed E-state index contributed by atoms with van der Waals surface area (Å²) in [5, 5.41) is 11.9. The monoisotopic (exact) mass is 183 g/mol. The minimum absolute atomic E-state index is 0.0760. The van der Waals surface area contributed by atoms with Crippen molar-refractivity contribution < 1.29 is 9.73 Å². The van der Waals surface area contributed by atoms with Crippen LogP contribution < -0.4 is 5.48 Å². The summed E-state index contributed by atoms with van der Waals surface area (Å²) >= 11 is 0. The number of aliphatic imine (C=N–C) groups is 1.